The van der Waals surface area contributed by atoms with Crippen LogP contribution in [0.1, 0.15) is 16.7 Å². The quantitative estimate of drug-likeness (QED) is 0.185. The maximum Gasteiger partial charge on any atom is 0.255 e. The largest absolute Gasteiger partial charge is 0.497 e. The molecule has 9 nitrogen and oxygen atoms in total. The van der Waals surface area contributed by atoms with E-state index < -0.39 is 22.5 Å². The van der Waals surface area contributed by atoms with Crippen LogP contribution in [-0.2, 0) is 28.0 Å². The minimum absolute atomic E-state index is 0.00792. The van der Waals surface area contributed by atoms with Crippen molar-refractivity contribution in [3.63, 3.8) is 0 Å². The molecule has 10 heteroatoms. The number of sulfonamides is 1. The molecule has 1 amide bonds. The maximum absolute atomic E-state index is 13.5. The van der Waals surface area contributed by atoms with Gasteiger partial charge in [-0.1, -0.05) is 60.7 Å². The topological polar surface area (TPSA) is 107 Å². The molecule has 0 atom stereocenters. The van der Waals surface area contributed by atoms with E-state index >= 15 is 0 Å². The lowest BCUT2D eigenvalue weighted by molar-refractivity contribution is -0.121. The van der Waals surface area contributed by atoms with Crippen LogP contribution in [0, 0.1) is 0 Å². The van der Waals surface area contributed by atoms with Crippen LogP contribution >= 0.6 is 0 Å². The molecule has 0 fully saturated rings. The van der Waals surface area contributed by atoms with E-state index in [0.29, 0.717) is 29.4 Å². The van der Waals surface area contributed by atoms with Crippen LogP contribution in [0.2, 0.25) is 0 Å². The Hall–Kier alpha value is -4.67. The number of hydrogen-bond acceptors (Lipinski definition) is 7. The smallest absolute Gasteiger partial charge is 0.255 e. The third kappa shape index (κ3) is 8.17. The molecule has 212 valence electrons. The van der Waals surface area contributed by atoms with Gasteiger partial charge in [0.15, 0.2) is 11.5 Å². The van der Waals surface area contributed by atoms with Crippen molar-refractivity contribution in [1.82, 2.24) is 9.73 Å². The maximum atomic E-state index is 13.5. The second-order valence-corrected chi connectivity index (χ2v) is 10.8. The Kier molecular flexibility index (Phi) is 10.1. The van der Waals surface area contributed by atoms with Gasteiger partial charge in [0.25, 0.3) is 5.91 Å². The third-order valence-electron chi connectivity index (χ3n) is 6.05. The van der Waals surface area contributed by atoms with Gasteiger partial charge in [-0.3, -0.25) is 4.79 Å². The summed E-state index contributed by atoms with van der Waals surface area (Å²) in [7, 11) is -0.961. The summed E-state index contributed by atoms with van der Waals surface area (Å²) in [6, 6.07) is 30.1. The average molecular weight is 574 g/mol. The number of ether oxygens (including phenoxy) is 3. The SMILES string of the molecule is COc1ccc(S(=O)(=O)N(CC(=O)N/N=C\c2ccc(OCc3ccccc3)c(OC)c2)Cc2ccccc2)cc1. The van der Waals surface area contributed by atoms with E-state index in [1.807, 2.05) is 48.5 Å². The highest BCUT2D eigenvalue weighted by molar-refractivity contribution is 7.89. The molecule has 4 aromatic rings. The molecule has 41 heavy (non-hydrogen) atoms. The van der Waals surface area contributed by atoms with Crippen molar-refractivity contribution in [3.8, 4) is 17.2 Å². The summed E-state index contributed by atoms with van der Waals surface area (Å²) in [4.78, 5) is 12.9. The van der Waals surface area contributed by atoms with Gasteiger partial charge < -0.3 is 14.2 Å². The fourth-order valence-electron chi connectivity index (χ4n) is 3.90. The molecule has 4 aromatic carbocycles. The standard InChI is InChI=1S/C31H31N3O6S/c1-38-27-14-16-28(17-15-27)41(36,37)34(21-24-9-5-3-6-10-24)22-31(35)33-32-20-26-13-18-29(30(19-26)39-2)40-23-25-11-7-4-8-12-25/h3-20H,21-23H2,1-2H3,(H,33,35)/b32-20-. The first kappa shape index (κ1) is 29.3. The molecule has 0 aliphatic heterocycles. The number of benzene rings is 4. The lowest BCUT2D eigenvalue weighted by Gasteiger charge is -2.21. The monoisotopic (exact) mass is 573 g/mol. The summed E-state index contributed by atoms with van der Waals surface area (Å²) >= 11 is 0. The van der Waals surface area contributed by atoms with Crippen LogP contribution in [-0.4, -0.2) is 45.6 Å². The molecular weight excluding hydrogens is 542 g/mol. The molecule has 0 spiro atoms. The van der Waals surface area contributed by atoms with E-state index in [1.165, 1.54) is 32.6 Å². The Labute approximate surface area is 240 Å². The van der Waals surface area contributed by atoms with Crippen LogP contribution < -0.4 is 19.6 Å². The van der Waals surface area contributed by atoms with Gasteiger partial charge in [0.1, 0.15) is 12.4 Å². The molecule has 0 saturated heterocycles. The molecule has 0 aromatic heterocycles. The lowest BCUT2D eigenvalue weighted by atomic mass is 10.2. The van der Waals surface area contributed by atoms with Crippen molar-refractivity contribution >= 4 is 22.1 Å². The fourth-order valence-corrected chi connectivity index (χ4v) is 5.29. The van der Waals surface area contributed by atoms with Crippen LogP contribution in [0.4, 0.5) is 0 Å². The van der Waals surface area contributed by atoms with Crippen LogP contribution in [0.25, 0.3) is 0 Å². The molecule has 1 N–H and O–H groups in total. The number of nitrogens with one attached hydrogen (secondary N) is 1. The predicted molar refractivity (Wildman–Crippen MR) is 157 cm³/mol. The Balaban J connectivity index is 1.43. The third-order valence-corrected chi connectivity index (χ3v) is 7.85. The zero-order chi connectivity index (χ0) is 29.1. The van der Waals surface area contributed by atoms with Gasteiger partial charge in [-0.15, -0.1) is 0 Å². The first-order valence-corrected chi connectivity index (χ1v) is 14.2. The Bertz CT molecular complexity index is 1560. The average Bonchev–Trinajstić information content (AvgIpc) is 3.01. The summed E-state index contributed by atoms with van der Waals surface area (Å²) in [6.45, 7) is -0.0379. The fraction of sp³-hybridized carbons (Fsp3) is 0.161. The first-order chi connectivity index (χ1) is 19.9. The zero-order valence-electron chi connectivity index (χ0n) is 22.8. The van der Waals surface area contributed by atoms with E-state index in [0.717, 1.165) is 15.4 Å². The highest BCUT2D eigenvalue weighted by atomic mass is 32.2. The van der Waals surface area contributed by atoms with Crippen molar-refractivity contribution in [2.75, 3.05) is 20.8 Å². The number of carbonyl (C=O) groups excluding carboxylic acids is 1. The summed E-state index contributed by atoms with van der Waals surface area (Å²) in [6.07, 6.45) is 1.45. The van der Waals surface area contributed by atoms with Crippen molar-refractivity contribution in [3.05, 3.63) is 120 Å². The number of rotatable bonds is 13. The van der Waals surface area contributed by atoms with Gasteiger partial charge in [0.2, 0.25) is 10.0 Å². The molecule has 0 heterocycles. The number of hydrazone groups is 1. The summed E-state index contributed by atoms with van der Waals surface area (Å²) < 4.78 is 44.5. The molecule has 0 aliphatic rings. The van der Waals surface area contributed by atoms with Crippen LogP contribution in [0.5, 0.6) is 17.2 Å². The van der Waals surface area contributed by atoms with Gasteiger partial charge in [0.05, 0.1) is 31.9 Å². The first-order valence-electron chi connectivity index (χ1n) is 12.7. The van der Waals surface area contributed by atoms with Gasteiger partial charge >= 0.3 is 0 Å². The molecule has 0 unspecified atom stereocenters. The summed E-state index contributed by atoms with van der Waals surface area (Å²) in [5.41, 5.74) is 4.84. The Morgan fingerprint density at radius 1 is 0.829 bits per heavy atom. The lowest BCUT2D eigenvalue weighted by Crippen LogP contribution is -2.39. The highest BCUT2D eigenvalue weighted by Gasteiger charge is 2.27. The van der Waals surface area contributed by atoms with Crippen LogP contribution in [0.15, 0.2) is 113 Å². The molecule has 4 rings (SSSR count). The number of nitrogens with zero attached hydrogens (tertiary/aromatic N) is 2. The van der Waals surface area contributed by atoms with Gasteiger partial charge in [-0.05, 0) is 59.2 Å². The normalized spacial score (nSPS) is 11.4. The van der Waals surface area contributed by atoms with E-state index in [-0.39, 0.29) is 11.4 Å². The predicted octanol–water partition coefficient (Wildman–Crippen LogP) is 4.62. The minimum atomic E-state index is -4.00. The summed E-state index contributed by atoms with van der Waals surface area (Å²) in [5.74, 6) is 1.01. The van der Waals surface area contributed by atoms with E-state index in [2.05, 4.69) is 10.5 Å². The Morgan fingerprint density at radius 2 is 1.49 bits per heavy atom. The van der Waals surface area contributed by atoms with Crippen molar-refractivity contribution in [1.29, 1.82) is 0 Å². The van der Waals surface area contributed by atoms with E-state index in [1.54, 1.807) is 42.5 Å². The van der Waals surface area contributed by atoms with Crippen LogP contribution in [0.3, 0.4) is 0 Å². The van der Waals surface area contributed by atoms with Crippen molar-refractivity contribution < 1.29 is 27.4 Å². The number of hydrogen-bond donors (Lipinski definition) is 1. The zero-order valence-corrected chi connectivity index (χ0v) is 23.6. The number of carbonyl (C=O) groups is 1. The van der Waals surface area contributed by atoms with E-state index in [4.69, 9.17) is 14.2 Å². The van der Waals surface area contributed by atoms with Crippen molar-refractivity contribution in [2.45, 2.75) is 18.0 Å². The number of amides is 1. The van der Waals surface area contributed by atoms with Gasteiger partial charge in [-0.2, -0.15) is 9.41 Å². The highest BCUT2D eigenvalue weighted by Crippen LogP contribution is 2.28. The summed E-state index contributed by atoms with van der Waals surface area (Å²) in [5, 5.41) is 4.02. The van der Waals surface area contributed by atoms with E-state index in [9.17, 15) is 13.2 Å². The Morgan fingerprint density at radius 3 is 2.12 bits per heavy atom. The second-order valence-electron chi connectivity index (χ2n) is 8.91. The van der Waals surface area contributed by atoms with Crippen molar-refractivity contribution in [2.24, 2.45) is 5.10 Å². The van der Waals surface area contributed by atoms with Gasteiger partial charge in [-0.25, -0.2) is 13.8 Å². The molecule has 0 saturated carbocycles. The number of methoxy groups -OCH3 is 2. The molecular formula is C31H31N3O6S. The minimum Gasteiger partial charge on any atom is -0.497 e. The second kappa shape index (κ2) is 14.1. The molecule has 0 aliphatic carbocycles. The molecule has 0 bridgehead atoms. The van der Waals surface area contributed by atoms with Gasteiger partial charge in [0, 0.05) is 6.54 Å². The molecule has 0 radical (unpaired) electrons.